The second-order valence-corrected chi connectivity index (χ2v) is 9.09. The van der Waals surface area contributed by atoms with E-state index in [1.807, 2.05) is 6.07 Å². The summed E-state index contributed by atoms with van der Waals surface area (Å²) in [7, 11) is 0. The molecule has 5 rings (SSSR count). The zero-order valence-electron chi connectivity index (χ0n) is 18.3. The van der Waals surface area contributed by atoms with Crippen LogP contribution in [0.25, 0.3) is 11.1 Å². The summed E-state index contributed by atoms with van der Waals surface area (Å²) in [5, 5.41) is 52.2. The van der Waals surface area contributed by atoms with Gasteiger partial charge in [0, 0.05) is 17.9 Å². The Morgan fingerprint density at radius 3 is 2.37 bits per heavy atom. The predicted octanol–water partition coefficient (Wildman–Crippen LogP) is 2.12. The summed E-state index contributed by atoms with van der Waals surface area (Å²) in [6.07, 6.45) is -0.0125. The van der Waals surface area contributed by atoms with Crippen LogP contribution in [0.3, 0.4) is 0 Å². The Balaban J connectivity index is 1.67. The van der Waals surface area contributed by atoms with Gasteiger partial charge in [-0.25, -0.2) is 0 Å². The molecule has 1 amide bonds. The average molecular weight is 472 g/mol. The van der Waals surface area contributed by atoms with E-state index in [0.29, 0.717) is 16.7 Å². The molecule has 3 atom stereocenters. The molecule has 3 aliphatic rings. The molecule has 2 aromatic rings. The van der Waals surface area contributed by atoms with E-state index in [1.165, 1.54) is 6.07 Å². The highest BCUT2D eigenvalue weighted by Gasteiger charge is 2.59. The second kappa shape index (κ2) is 7.55. The molecule has 176 valence electrons. The lowest BCUT2D eigenvalue weighted by Crippen LogP contribution is -2.57. The molecule has 0 heterocycles. The summed E-state index contributed by atoms with van der Waals surface area (Å²) < 4.78 is 0. The molecule has 0 radical (unpaired) electrons. The Hall–Kier alpha value is -4.42. The molecular formula is C26H20N2O7. The quantitative estimate of drug-likeness (QED) is 0.412. The maximum absolute atomic E-state index is 13.6. The predicted molar refractivity (Wildman–Crippen MR) is 121 cm³/mol. The number of primary amides is 1. The number of nitriles is 1. The number of hydrogen-bond acceptors (Lipinski definition) is 8. The number of aromatic hydroxyl groups is 1. The summed E-state index contributed by atoms with van der Waals surface area (Å²) in [5.41, 5.74) is 3.93. The Labute approximate surface area is 199 Å². The number of allylic oxidation sites excluding steroid dienone is 2. The molecule has 0 spiro atoms. The minimum Gasteiger partial charge on any atom is -0.511 e. The van der Waals surface area contributed by atoms with E-state index in [4.69, 9.17) is 11.0 Å². The fraction of sp³-hybridized carbons (Fsp3) is 0.231. The van der Waals surface area contributed by atoms with Crippen molar-refractivity contribution in [3.05, 3.63) is 75.8 Å². The van der Waals surface area contributed by atoms with Crippen LogP contribution >= 0.6 is 0 Å². The smallest absolute Gasteiger partial charge is 0.255 e. The van der Waals surface area contributed by atoms with Crippen LogP contribution < -0.4 is 5.73 Å². The van der Waals surface area contributed by atoms with Crippen molar-refractivity contribution >= 4 is 17.5 Å². The number of phenolic OH excluding ortho intramolecular Hbond substituents is 1. The van der Waals surface area contributed by atoms with Gasteiger partial charge in [-0.05, 0) is 53.6 Å². The topological polar surface area (TPSA) is 182 Å². The number of carbonyl (C=O) groups excluding carboxylic acids is 3. The standard InChI is InChI=1S/C26H20N2O7/c27-10-11-1-3-12(4-2-11)15-5-6-17(29)20-16(15)8-13-7-14-9-18(30)21(25(28)34)24(33)26(14,35)23(32)19(13)22(20)31/h1-6,13-14,29-30,32,35H,7-9H2,(H2,28,34)/t13-,14+,26+/m1/s1. The minimum atomic E-state index is -2.59. The van der Waals surface area contributed by atoms with Gasteiger partial charge in [0.05, 0.1) is 17.2 Å². The highest BCUT2D eigenvalue weighted by Crippen LogP contribution is 2.52. The van der Waals surface area contributed by atoms with Crippen molar-refractivity contribution in [1.82, 2.24) is 0 Å². The number of hydrogen-bond donors (Lipinski definition) is 5. The molecule has 0 fully saturated rings. The minimum absolute atomic E-state index is 0.0523. The first kappa shape index (κ1) is 22.4. The zero-order valence-corrected chi connectivity index (χ0v) is 18.3. The second-order valence-electron chi connectivity index (χ2n) is 9.09. The number of amides is 1. The molecule has 9 nitrogen and oxygen atoms in total. The zero-order chi connectivity index (χ0) is 25.2. The van der Waals surface area contributed by atoms with Gasteiger partial charge in [0.2, 0.25) is 5.78 Å². The number of rotatable bonds is 2. The van der Waals surface area contributed by atoms with E-state index < -0.39 is 52.0 Å². The fourth-order valence-electron chi connectivity index (χ4n) is 5.61. The van der Waals surface area contributed by atoms with Crippen molar-refractivity contribution in [3.8, 4) is 22.9 Å². The van der Waals surface area contributed by atoms with Crippen molar-refractivity contribution in [3.63, 3.8) is 0 Å². The van der Waals surface area contributed by atoms with Crippen LogP contribution in [0, 0.1) is 23.2 Å². The van der Waals surface area contributed by atoms with Crippen LogP contribution in [0.5, 0.6) is 5.75 Å². The van der Waals surface area contributed by atoms with Crippen molar-refractivity contribution in [2.75, 3.05) is 0 Å². The Kier molecular flexibility index (Phi) is 4.83. The van der Waals surface area contributed by atoms with Gasteiger partial charge >= 0.3 is 0 Å². The van der Waals surface area contributed by atoms with Gasteiger partial charge in [-0.2, -0.15) is 5.26 Å². The lowest BCUT2D eigenvalue weighted by atomic mass is 9.60. The Bertz CT molecular complexity index is 1450. The lowest BCUT2D eigenvalue weighted by molar-refractivity contribution is -0.144. The molecular weight excluding hydrogens is 452 g/mol. The SMILES string of the molecule is N#Cc1ccc(-c2ccc(O)c3c2C[C@H]2C[C@H]4CC(O)=C(C(N)=O)C(=O)[C@@]4(O)C(O)=C2C3=O)cc1. The number of Topliss-reactive ketones (excluding diaryl/α,β-unsaturated/α-hetero) is 2. The molecule has 9 heteroatoms. The number of fused-ring (bicyclic) bond motifs is 3. The van der Waals surface area contributed by atoms with E-state index in [-0.39, 0.29) is 36.1 Å². The van der Waals surface area contributed by atoms with Crippen LogP contribution in [0.4, 0.5) is 0 Å². The summed E-state index contributed by atoms with van der Waals surface area (Å²) in [4.78, 5) is 38.3. The van der Waals surface area contributed by atoms with Crippen molar-refractivity contribution in [2.45, 2.75) is 24.9 Å². The molecule has 2 aromatic carbocycles. The third-order valence-electron chi connectivity index (χ3n) is 7.27. The maximum atomic E-state index is 13.6. The van der Waals surface area contributed by atoms with Crippen molar-refractivity contribution in [1.29, 1.82) is 5.26 Å². The van der Waals surface area contributed by atoms with Gasteiger partial charge in [-0.15, -0.1) is 0 Å². The third-order valence-corrected chi connectivity index (χ3v) is 7.27. The summed E-state index contributed by atoms with van der Waals surface area (Å²) in [6, 6.07) is 11.8. The van der Waals surface area contributed by atoms with Gasteiger partial charge in [0.1, 0.15) is 22.8 Å². The van der Waals surface area contributed by atoms with E-state index in [9.17, 15) is 34.8 Å². The van der Waals surface area contributed by atoms with Gasteiger partial charge in [-0.3, -0.25) is 14.4 Å². The highest BCUT2D eigenvalue weighted by molar-refractivity contribution is 6.24. The fourth-order valence-corrected chi connectivity index (χ4v) is 5.61. The van der Waals surface area contributed by atoms with E-state index in [1.54, 1.807) is 30.3 Å². The lowest BCUT2D eigenvalue weighted by Gasteiger charge is -2.45. The van der Waals surface area contributed by atoms with Crippen LogP contribution in [0.2, 0.25) is 0 Å². The molecule has 0 saturated heterocycles. The first-order valence-electron chi connectivity index (χ1n) is 10.9. The number of aliphatic hydroxyl groups is 3. The molecule has 0 bridgehead atoms. The molecule has 0 aliphatic heterocycles. The van der Waals surface area contributed by atoms with Crippen LogP contribution in [-0.4, -0.2) is 43.5 Å². The number of aliphatic hydroxyl groups excluding tert-OH is 2. The normalized spacial score (nSPS) is 25.5. The van der Waals surface area contributed by atoms with Gasteiger partial charge in [-0.1, -0.05) is 18.2 Å². The van der Waals surface area contributed by atoms with E-state index in [2.05, 4.69) is 0 Å². The first-order chi connectivity index (χ1) is 16.6. The van der Waals surface area contributed by atoms with E-state index >= 15 is 0 Å². The molecule has 35 heavy (non-hydrogen) atoms. The Morgan fingerprint density at radius 1 is 1.06 bits per heavy atom. The maximum Gasteiger partial charge on any atom is 0.255 e. The number of carbonyl (C=O) groups is 3. The number of nitrogens with two attached hydrogens (primary N) is 1. The van der Waals surface area contributed by atoms with Crippen LogP contribution in [0.15, 0.2) is 59.1 Å². The van der Waals surface area contributed by atoms with Crippen LogP contribution in [0.1, 0.15) is 34.3 Å². The molecule has 6 N–H and O–H groups in total. The third kappa shape index (κ3) is 3.00. The van der Waals surface area contributed by atoms with Crippen molar-refractivity contribution in [2.24, 2.45) is 17.6 Å². The molecule has 0 saturated carbocycles. The average Bonchev–Trinajstić information content (AvgIpc) is 2.81. The van der Waals surface area contributed by atoms with Crippen LogP contribution in [-0.2, 0) is 16.0 Å². The molecule has 0 unspecified atom stereocenters. The number of nitrogens with zero attached hydrogens (tertiary/aromatic N) is 1. The number of ketones is 2. The highest BCUT2D eigenvalue weighted by atomic mass is 16.3. The largest absolute Gasteiger partial charge is 0.511 e. The monoisotopic (exact) mass is 472 g/mol. The van der Waals surface area contributed by atoms with Gasteiger partial charge in [0.25, 0.3) is 5.91 Å². The summed E-state index contributed by atoms with van der Waals surface area (Å²) in [6.45, 7) is 0. The van der Waals surface area contributed by atoms with E-state index in [0.717, 1.165) is 5.56 Å². The number of phenols is 1. The van der Waals surface area contributed by atoms with Gasteiger partial charge in [0.15, 0.2) is 11.4 Å². The first-order valence-corrected chi connectivity index (χ1v) is 10.9. The molecule has 3 aliphatic carbocycles. The van der Waals surface area contributed by atoms with Gasteiger partial charge < -0.3 is 26.2 Å². The Morgan fingerprint density at radius 2 is 1.74 bits per heavy atom. The summed E-state index contributed by atoms with van der Waals surface area (Å²) >= 11 is 0. The number of benzene rings is 2. The van der Waals surface area contributed by atoms with Crippen molar-refractivity contribution < 1.29 is 34.8 Å². The summed E-state index contributed by atoms with van der Waals surface area (Å²) in [5.74, 6) is -6.60. The molecule has 0 aromatic heterocycles.